The van der Waals surface area contributed by atoms with Crippen LogP contribution in [0, 0.1) is 6.92 Å². The van der Waals surface area contributed by atoms with E-state index in [9.17, 15) is 13.6 Å². The molecule has 2 rings (SSSR count). The van der Waals surface area contributed by atoms with Crippen molar-refractivity contribution in [2.75, 3.05) is 7.11 Å². The van der Waals surface area contributed by atoms with Gasteiger partial charge in [0.15, 0.2) is 0 Å². The van der Waals surface area contributed by atoms with Gasteiger partial charge >= 0.3 is 0 Å². The van der Waals surface area contributed by atoms with E-state index in [2.05, 4.69) is 9.97 Å². The molecule has 0 aliphatic heterocycles. The Morgan fingerprint density at radius 1 is 1.35 bits per heavy atom. The van der Waals surface area contributed by atoms with Crippen LogP contribution in [0.5, 0.6) is 5.88 Å². The molecule has 1 aromatic rings. The van der Waals surface area contributed by atoms with Crippen LogP contribution in [0.1, 0.15) is 53.5 Å². The Labute approximate surface area is 115 Å². The van der Waals surface area contributed by atoms with Crippen LogP contribution < -0.4 is 10.5 Å². The van der Waals surface area contributed by atoms with E-state index in [0.29, 0.717) is 11.4 Å². The molecule has 1 amide bonds. The molecular formula is C13H17F2N3O2. The third-order valence-corrected chi connectivity index (χ3v) is 3.57. The highest BCUT2D eigenvalue weighted by molar-refractivity contribution is 5.93. The van der Waals surface area contributed by atoms with Crippen molar-refractivity contribution in [2.45, 2.75) is 44.4 Å². The minimum Gasteiger partial charge on any atom is -0.481 e. The number of rotatable bonds is 3. The van der Waals surface area contributed by atoms with E-state index < -0.39 is 11.8 Å². The Hall–Kier alpha value is -1.79. The van der Waals surface area contributed by atoms with Crippen molar-refractivity contribution in [3.63, 3.8) is 0 Å². The van der Waals surface area contributed by atoms with Crippen LogP contribution in [0.4, 0.5) is 8.78 Å². The zero-order valence-corrected chi connectivity index (χ0v) is 11.4. The lowest BCUT2D eigenvalue weighted by Crippen LogP contribution is -2.26. The summed E-state index contributed by atoms with van der Waals surface area (Å²) in [6, 6.07) is 0. The first kappa shape index (κ1) is 14.6. The number of alkyl halides is 2. The van der Waals surface area contributed by atoms with Gasteiger partial charge in [-0.15, -0.1) is 0 Å². The summed E-state index contributed by atoms with van der Waals surface area (Å²) >= 11 is 0. The number of nitrogens with zero attached hydrogens (tertiary/aromatic N) is 2. The van der Waals surface area contributed by atoms with Crippen molar-refractivity contribution in [1.82, 2.24) is 9.97 Å². The Bertz CT molecular complexity index is 525. The molecule has 1 fully saturated rings. The van der Waals surface area contributed by atoms with E-state index in [1.54, 1.807) is 6.92 Å². The second kappa shape index (κ2) is 5.30. The van der Waals surface area contributed by atoms with E-state index >= 15 is 0 Å². The number of halogens is 2. The molecule has 1 heterocycles. The highest BCUT2D eigenvalue weighted by atomic mass is 19.3. The molecule has 110 valence electrons. The van der Waals surface area contributed by atoms with Crippen molar-refractivity contribution < 1.29 is 18.3 Å². The van der Waals surface area contributed by atoms with E-state index in [1.807, 2.05) is 0 Å². The normalized spacial score (nSPS) is 18.8. The minimum atomic E-state index is -2.64. The fourth-order valence-electron chi connectivity index (χ4n) is 2.60. The number of methoxy groups -OCH3 is 1. The second-order valence-electron chi connectivity index (χ2n) is 5.04. The number of carbonyl (C=O) groups excluding carboxylic acids is 1. The van der Waals surface area contributed by atoms with Crippen molar-refractivity contribution in [3.05, 3.63) is 17.1 Å². The maximum absolute atomic E-state index is 13.2. The number of ether oxygens (including phenoxy) is 1. The molecule has 0 saturated heterocycles. The Morgan fingerprint density at radius 3 is 2.45 bits per heavy atom. The van der Waals surface area contributed by atoms with E-state index in [1.165, 1.54) is 7.11 Å². The molecule has 0 spiro atoms. The summed E-state index contributed by atoms with van der Waals surface area (Å²) in [5, 5.41) is 0. The van der Waals surface area contributed by atoms with E-state index in [-0.39, 0.29) is 43.2 Å². The third-order valence-electron chi connectivity index (χ3n) is 3.57. The number of hydrogen-bond donors (Lipinski definition) is 1. The van der Waals surface area contributed by atoms with Crippen molar-refractivity contribution >= 4 is 5.91 Å². The number of nitrogens with two attached hydrogens (primary N) is 1. The quantitative estimate of drug-likeness (QED) is 0.923. The molecule has 1 aliphatic carbocycles. The molecule has 0 bridgehead atoms. The van der Waals surface area contributed by atoms with Gasteiger partial charge in [-0.2, -0.15) is 4.98 Å². The largest absolute Gasteiger partial charge is 0.481 e. The average Bonchev–Trinajstić information content (AvgIpc) is 2.38. The second-order valence-corrected chi connectivity index (χ2v) is 5.04. The lowest BCUT2D eigenvalue weighted by Gasteiger charge is -2.29. The van der Waals surface area contributed by atoms with Crippen LogP contribution in [0.3, 0.4) is 0 Å². The van der Waals surface area contributed by atoms with Gasteiger partial charge in [0.05, 0.1) is 7.11 Å². The van der Waals surface area contributed by atoms with Gasteiger partial charge in [0, 0.05) is 18.4 Å². The predicted molar refractivity (Wildman–Crippen MR) is 68.0 cm³/mol. The first-order chi connectivity index (χ1) is 9.34. The van der Waals surface area contributed by atoms with Gasteiger partial charge < -0.3 is 10.5 Å². The molecule has 0 radical (unpaired) electrons. The number of amides is 1. The van der Waals surface area contributed by atoms with Gasteiger partial charge in [-0.25, -0.2) is 13.8 Å². The first-order valence-electron chi connectivity index (χ1n) is 6.44. The van der Waals surface area contributed by atoms with Crippen LogP contribution in [-0.2, 0) is 0 Å². The number of hydrogen-bond acceptors (Lipinski definition) is 4. The maximum Gasteiger partial charge on any atom is 0.267 e. The van der Waals surface area contributed by atoms with Gasteiger partial charge in [-0.3, -0.25) is 4.79 Å². The SMILES string of the molecule is COc1nc(C)nc(C(N)=O)c1C1CCC(F)(F)CC1. The molecule has 5 nitrogen and oxygen atoms in total. The molecule has 1 aliphatic rings. The standard InChI is InChI=1S/C13H17F2N3O2/c1-7-17-10(11(16)19)9(12(18-7)20-2)8-3-5-13(14,15)6-4-8/h8H,3-6H2,1-2H3,(H2,16,19). The molecule has 1 aromatic heterocycles. The van der Waals surface area contributed by atoms with Crippen LogP contribution in [0.25, 0.3) is 0 Å². The molecule has 20 heavy (non-hydrogen) atoms. The van der Waals surface area contributed by atoms with Crippen LogP contribution in [0.15, 0.2) is 0 Å². The maximum atomic E-state index is 13.2. The van der Waals surface area contributed by atoms with Gasteiger partial charge in [0.25, 0.3) is 5.91 Å². The summed E-state index contributed by atoms with van der Waals surface area (Å²) in [7, 11) is 1.42. The fourth-order valence-corrected chi connectivity index (χ4v) is 2.60. The Morgan fingerprint density at radius 2 is 1.95 bits per heavy atom. The topological polar surface area (TPSA) is 78.1 Å². The van der Waals surface area contributed by atoms with Crippen LogP contribution >= 0.6 is 0 Å². The number of carbonyl (C=O) groups is 1. The summed E-state index contributed by atoms with van der Waals surface area (Å²) in [5.41, 5.74) is 5.87. The molecular weight excluding hydrogens is 268 g/mol. The van der Waals surface area contributed by atoms with Gasteiger partial charge in [-0.1, -0.05) is 0 Å². The van der Waals surface area contributed by atoms with E-state index in [0.717, 1.165) is 0 Å². The lowest BCUT2D eigenvalue weighted by molar-refractivity contribution is -0.0384. The van der Waals surface area contributed by atoms with Crippen LogP contribution in [0.2, 0.25) is 0 Å². The number of aryl methyl sites for hydroxylation is 1. The third kappa shape index (κ3) is 2.86. The van der Waals surface area contributed by atoms with Gasteiger partial charge in [0.2, 0.25) is 11.8 Å². The van der Waals surface area contributed by atoms with Crippen molar-refractivity contribution in [3.8, 4) is 5.88 Å². The highest BCUT2D eigenvalue weighted by Crippen LogP contribution is 2.43. The first-order valence-corrected chi connectivity index (χ1v) is 6.44. The lowest BCUT2D eigenvalue weighted by atomic mass is 9.81. The average molecular weight is 285 g/mol. The number of primary amides is 1. The molecule has 2 N–H and O–H groups in total. The summed E-state index contributed by atoms with van der Waals surface area (Å²) < 4.78 is 31.7. The molecule has 1 saturated carbocycles. The van der Waals surface area contributed by atoms with E-state index in [4.69, 9.17) is 10.5 Å². The number of aromatic nitrogens is 2. The van der Waals surface area contributed by atoms with Crippen molar-refractivity contribution in [2.24, 2.45) is 5.73 Å². The molecule has 7 heteroatoms. The summed E-state index contributed by atoms with van der Waals surface area (Å²) in [4.78, 5) is 19.7. The molecule has 0 unspecified atom stereocenters. The Kier molecular flexibility index (Phi) is 3.87. The Balaban J connectivity index is 2.42. The van der Waals surface area contributed by atoms with Crippen LogP contribution in [-0.4, -0.2) is 28.9 Å². The van der Waals surface area contributed by atoms with Gasteiger partial charge in [-0.05, 0) is 25.7 Å². The zero-order chi connectivity index (χ0) is 14.9. The van der Waals surface area contributed by atoms with Crippen molar-refractivity contribution in [1.29, 1.82) is 0 Å². The summed E-state index contributed by atoms with van der Waals surface area (Å²) in [6.45, 7) is 1.62. The zero-order valence-electron chi connectivity index (χ0n) is 11.4. The highest BCUT2D eigenvalue weighted by Gasteiger charge is 2.38. The minimum absolute atomic E-state index is 0.0737. The smallest absolute Gasteiger partial charge is 0.267 e. The molecule has 0 aromatic carbocycles. The summed E-state index contributed by atoms with van der Waals surface area (Å²) in [5.74, 6) is -2.95. The fraction of sp³-hybridized carbons (Fsp3) is 0.615. The predicted octanol–water partition coefficient (Wildman–Crippen LogP) is 2.19. The summed E-state index contributed by atoms with van der Waals surface area (Å²) in [6.07, 6.45) is 0.0892. The monoisotopic (exact) mass is 285 g/mol. The van der Waals surface area contributed by atoms with Gasteiger partial charge in [0.1, 0.15) is 11.5 Å². The molecule has 0 atom stereocenters.